The van der Waals surface area contributed by atoms with E-state index in [-0.39, 0.29) is 17.7 Å². The standard InChI is InChI=1S/C18H23N3O3/c1-12(22)19-7-14-4-3-5-15(6-14)18(24)21-10-16-8-20(13(2)23)9-17(16)11-21/h3-6,16-17H,7-11H2,1-2H3,(H,19,22)/t16-,17+. The van der Waals surface area contributed by atoms with Crippen LogP contribution in [0.3, 0.4) is 0 Å². The maximum Gasteiger partial charge on any atom is 0.253 e. The highest BCUT2D eigenvalue weighted by atomic mass is 16.2. The van der Waals surface area contributed by atoms with Gasteiger partial charge in [-0.25, -0.2) is 0 Å². The van der Waals surface area contributed by atoms with Gasteiger partial charge in [0.25, 0.3) is 5.91 Å². The summed E-state index contributed by atoms with van der Waals surface area (Å²) in [5.41, 5.74) is 1.57. The summed E-state index contributed by atoms with van der Waals surface area (Å²) >= 11 is 0. The smallest absolute Gasteiger partial charge is 0.253 e. The van der Waals surface area contributed by atoms with Gasteiger partial charge in [-0.2, -0.15) is 0 Å². The van der Waals surface area contributed by atoms with Crippen molar-refractivity contribution in [3.05, 3.63) is 35.4 Å². The molecule has 0 bridgehead atoms. The molecule has 2 atom stereocenters. The summed E-state index contributed by atoms with van der Waals surface area (Å²) in [6.07, 6.45) is 0. The van der Waals surface area contributed by atoms with E-state index in [1.54, 1.807) is 6.92 Å². The Kier molecular flexibility index (Phi) is 4.55. The predicted molar refractivity (Wildman–Crippen MR) is 89.1 cm³/mol. The summed E-state index contributed by atoms with van der Waals surface area (Å²) in [5, 5.41) is 2.74. The van der Waals surface area contributed by atoms with Crippen LogP contribution in [0, 0.1) is 11.8 Å². The molecule has 0 unspecified atom stereocenters. The lowest BCUT2D eigenvalue weighted by Crippen LogP contribution is -2.34. The number of fused-ring (bicyclic) bond motifs is 1. The van der Waals surface area contributed by atoms with Crippen molar-refractivity contribution in [1.82, 2.24) is 15.1 Å². The van der Waals surface area contributed by atoms with Gasteiger partial charge in [0.05, 0.1) is 0 Å². The van der Waals surface area contributed by atoms with Crippen molar-refractivity contribution < 1.29 is 14.4 Å². The van der Waals surface area contributed by atoms with Gasteiger partial charge in [-0.15, -0.1) is 0 Å². The Morgan fingerprint density at radius 1 is 1.04 bits per heavy atom. The molecule has 1 aromatic rings. The monoisotopic (exact) mass is 329 g/mol. The highest BCUT2D eigenvalue weighted by Crippen LogP contribution is 2.31. The summed E-state index contributed by atoms with van der Waals surface area (Å²) in [5.74, 6) is 0.839. The zero-order valence-electron chi connectivity index (χ0n) is 14.1. The van der Waals surface area contributed by atoms with Crippen molar-refractivity contribution in [2.75, 3.05) is 26.2 Å². The summed E-state index contributed by atoms with van der Waals surface area (Å²) in [7, 11) is 0. The summed E-state index contributed by atoms with van der Waals surface area (Å²) in [6.45, 7) is 6.44. The number of hydrogen-bond acceptors (Lipinski definition) is 3. The molecule has 0 spiro atoms. The number of nitrogens with zero attached hydrogens (tertiary/aromatic N) is 2. The molecule has 2 aliphatic rings. The van der Waals surface area contributed by atoms with Crippen LogP contribution in [0.2, 0.25) is 0 Å². The predicted octanol–water partition coefficient (Wildman–Crippen LogP) is 0.873. The molecule has 2 fully saturated rings. The van der Waals surface area contributed by atoms with Gasteiger partial charge in [0.2, 0.25) is 11.8 Å². The van der Waals surface area contributed by atoms with Gasteiger partial charge in [0.1, 0.15) is 0 Å². The number of carbonyl (C=O) groups excluding carboxylic acids is 3. The van der Waals surface area contributed by atoms with Crippen LogP contribution < -0.4 is 5.32 Å². The Labute approximate surface area is 141 Å². The lowest BCUT2D eigenvalue weighted by atomic mass is 10.0. The first-order chi connectivity index (χ1) is 11.4. The van der Waals surface area contributed by atoms with Crippen LogP contribution in [0.15, 0.2) is 24.3 Å². The minimum atomic E-state index is -0.0888. The molecule has 24 heavy (non-hydrogen) atoms. The molecule has 128 valence electrons. The molecule has 2 heterocycles. The first-order valence-electron chi connectivity index (χ1n) is 8.32. The second-order valence-corrected chi connectivity index (χ2v) is 6.76. The molecule has 6 heteroatoms. The number of nitrogens with one attached hydrogen (secondary N) is 1. The Hall–Kier alpha value is -2.37. The third kappa shape index (κ3) is 3.42. The molecule has 3 amide bonds. The number of benzene rings is 1. The summed E-state index contributed by atoms with van der Waals surface area (Å²) in [6, 6.07) is 7.40. The topological polar surface area (TPSA) is 69.7 Å². The van der Waals surface area contributed by atoms with E-state index < -0.39 is 0 Å². The van der Waals surface area contributed by atoms with E-state index in [4.69, 9.17) is 0 Å². The van der Waals surface area contributed by atoms with Crippen molar-refractivity contribution in [1.29, 1.82) is 0 Å². The fraction of sp³-hybridized carbons (Fsp3) is 0.500. The van der Waals surface area contributed by atoms with Gasteiger partial charge in [-0.3, -0.25) is 14.4 Å². The fourth-order valence-electron chi connectivity index (χ4n) is 3.64. The Morgan fingerprint density at radius 3 is 2.25 bits per heavy atom. The minimum Gasteiger partial charge on any atom is -0.352 e. The van der Waals surface area contributed by atoms with E-state index in [2.05, 4.69) is 5.32 Å². The zero-order chi connectivity index (χ0) is 17.3. The normalized spacial score (nSPS) is 22.4. The van der Waals surface area contributed by atoms with E-state index >= 15 is 0 Å². The van der Waals surface area contributed by atoms with Gasteiger partial charge in [-0.1, -0.05) is 12.1 Å². The molecule has 1 aromatic carbocycles. The molecule has 2 aliphatic heterocycles. The third-order valence-corrected chi connectivity index (χ3v) is 4.93. The van der Waals surface area contributed by atoms with Gasteiger partial charge in [-0.05, 0) is 17.7 Å². The van der Waals surface area contributed by atoms with Crippen LogP contribution in [0.4, 0.5) is 0 Å². The van der Waals surface area contributed by atoms with Gasteiger partial charge < -0.3 is 15.1 Å². The molecule has 0 aromatic heterocycles. The van der Waals surface area contributed by atoms with Crippen molar-refractivity contribution >= 4 is 17.7 Å². The van der Waals surface area contributed by atoms with Crippen molar-refractivity contribution in [3.8, 4) is 0 Å². The van der Waals surface area contributed by atoms with E-state index in [0.29, 0.717) is 37.0 Å². The average Bonchev–Trinajstić information content (AvgIpc) is 3.11. The second kappa shape index (κ2) is 6.63. The molecule has 1 N–H and O–H groups in total. The molecular formula is C18H23N3O3. The quantitative estimate of drug-likeness (QED) is 0.895. The second-order valence-electron chi connectivity index (χ2n) is 6.76. The Morgan fingerprint density at radius 2 is 1.67 bits per heavy atom. The molecule has 2 saturated heterocycles. The van der Waals surface area contributed by atoms with Crippen LogP contribution in [0.1, 0.15) is 29.8 Å². The number of rotatable bonds is 3. The number of carbonyl (C=O) groups is 3. The van der Waals surface area contributed by atoms with Crippen LogP contribution in [-0.4, -0.2) is 53.7 Å². The largest absolute Gasteiger partial charge is 0.352 e. The Balaban J connectivity index is 1.63. The van der Waals surface area contributed by atoms with Crippen LogP contribution >= 0.6 is 0 Å². The van der Waals surface area contributed by atoms with Crippen molar-refractivity contribution in [2.24, 2.45) is 11.8 Å². The number of likely N-dealkylation sites (tertiary alicyclic amines) is 2. The van der Waals surface area contributed by atoms with Crippen LogP contribution in [-0.2, 0) is 16.1 Å². The van der Waals surface area contributed by atoms with Gasteiger partial charge >= 0.3 is 0 Å². The van der Waals surface area contributed by atoms with Crippen molar-refractivity contribution in [3.63, 3.8) is 0 Å². The third-order valence-electron chi connectivity index (χ3n) is 4.93. The van der Waals surface area contributed by atoms with E-state index in [1.165, 1.54) is 6.92 Å². The van der Waals surface area contributed by atoms with Gasteiger partial charge in [0, 0.05) is 64.0 Å². The lowest BCUT2D eigenvalue weighted by molar-refractivity contribution is -0.128. The van der Waals surface area contributed by atoms with E-state index in [0.717, 1.165) is 18.7 Å². The molecule has 3 rings (SSSR count). The maximum absolute atomic E-state index is 12.7. The average molecular weight is 329 g/mol. The van der Waals surface area contributed by atoms with Crippen LogP contribution in [0.25, 0.3) is 0 Å². The SMILES string of the molecule is CC(=O)NCc1cccc(C(=O)N2C[C@H]3CN(C(C)=O)C[C@H]3C2)c1. The molecule has 0 aliphatic carbocycles. The highest BCUT2D eigenvalue weighted by molar-refractivity contribution is 5.94. The Bertz CT molecular complexity index is 659. The molecule has 0 radical (unpaired) electrons. The summed E-state index contributed by atoms with van der Waals surface area (Å²) in [4.78, 5) is 39.0. The molecule has 0 saturated carbocycles. The van der Waals surface area contributed by atoms with Gasteiger partial charge in [0.15, 0.2) is 0 Å². The summed E-state index contributed by atoms with van der Waals surface area (Å²) < 4.78 is 0. The highest BCUT2D eigenvalue weighted by Gasteiger charge is 2.42. The number of hydrogen-bond donors (Lipinski definition) is 1. The minimum absolute atomic E-state index is 0.0310. The lowest BCUT2D eigenvalue weighted by Gasteiger charge is -2.21. The first kappa shape index (κ1) is 16.5. The van der Waals surface area contributed by atoms with Crippen molar-refractivity contribution in [2.45, 2.75) is 20.4 Å². The fourth-order valence-corrected chi connectivity index (χ4v) is 3.64. The first-order valence-corrected chi connectivity index (χ1v) is 8.32. The van der Waals surface area contributed by atoms with Crippen LogP contribution in [0.5, 0.6) is 0 Å². The molecular weight excluding hydrogens is 306 g/mol. The number of amides is 3. The van der Waals surface area contributed by atoms with E-state index in [1.807, 2.05) is 34.1 Å². The zero-order valence-corrected chi connectivity index (χ0v) is 14.1. The van der Waals surface area contributed by atoms with E-state index in [9.17, 15) is 14.4 Å². The maximum atomic E-state index is 12.7. The molecule has 6 nitrogen and oxygen atoms in total.